The smallest absolute Gasteiger partial charge is 0.315 e. The molecule has 4 aromatic rings. The van der Waals surface area contributed by atoms with E-state index in [0.29, 0.717) is 48.8 Å². The van der Waals surface area contributed by atoms with Crippen LogP contribution in [0, 0.1) is 5.82 Å². The number of carbonyl (C=O) groups is 1. The van der Waals surface area contributed by atoms with Gasteiger partial charge in [0.2, 0.25) is 0 Å². The van der Waals surface area contributed by atoms with Crippen LogP contribution >= 0.6 is 0 Å². The Kier molecular flexibility index (Phi) is 9.56. The van der Waals surface area contributed by atoms with Crippen molar-refractivity contribution in [2.24, 2.45) is 0 Å². The summed E-state index contributed by atoms with van der Waals surface area (Å²) in [5.74, 6) is 0.110. The van der Waals surface area contributed by atoms with Crippen molar-refractivity contribution in [3.8, 4) is 11.4 Å². The van der Waals surface area contributed by atoms with Crippen LogP contribution in [-0.4, -0.2) is 69.5 Å². The van der Waals surface area contributed by atoms with Gasteiger partial charge in [-0.25, -0.2) is 24.1 Å². The monoisotopic (exact) mass is 551 g/mol. The first-order valence-electron chi connectivity index (χ1n) is 14.3. The third kappa shape index (κ3) is 6.95. The van der Waals surface area contributed by atoms with Crippen molar-refractivity contribution >= 4 is 28.1 Å². The average molecular weight is 552 g/mol. The first kappa shape index (κ1) is 28.0. The number of hydrogen-bond acceptors (Lipinski definition) is 6. The summed E-state index contributed by atoms with van der Waals surface area (Å²) in [5.41, 5.74) is 2.12. The number of amides is 2. The fraction of sp³-hybridized carbons (Fsp3) is 0.517. The molecule has 4 heterocycles. The number of carbonyl (C=O) groups excluding carboxylic acids is 1. The summed E-state index contributed by atoms with van der Waals surface area (Å²) in [5, 5.41) is 7.60. The summed E-state index contributed by atoms with van der Waals surface area (Å²) in [6.45, 7) is 4.96. The third-order valence-corrected chi connectivity index (χ3v) is 7.37. The van der Waals surface area contributed by atoms with E-state index in [2.05, 4.69) is 37.1 Å². The molecule has 11 heteroatoms. The molecule has 0 aliphatic heterocycles. The molecule has 1 aliphatic carbocycles. The lowest BCUT2D eigenvalue weighted by molar-refractivity contribution is 0.0479. The SMILES string of the molecule is CCCCCOCCOCCNC(=O)N[C@H]1CCC[C@@H](n2ccc3cnc(-c4c[nH]c5ncc(F)cc45)nc32)C1. The molecule has 40 heavy (non-hydrogen) atoms. The summed E-state index contributed by atoms with van der Waals surface area (Å²) in [4.78, 5) is 29.1. The molecule has 0 bridgehead atoms. The van der Waals surface area contributed by atoms with Gasteiger partial charge >= 0.3 is 6.03 Å². The molecule has 0 aromatic carbocycles. The number of fused-ring (bicyclic) bond motifs is 2. The molecule has 0 spiro atoms. The van der Waals surface area contributed by atoms with Crippen LogP contribution in [-0.2, 0) is 9.47 Å². The quantitative estimate of drug-likeness (QED) is 0.199. The fourth-order valence-electron chi connectivity index (χ4n) is 5.32. The van der Waals surface area contributed by atoms with Crippen LogP contribution in [0.5, 0.6) is 0 Å². The zero-order chi connectivity index (χ0) is 27.7. The van der Waals surface area contributed by atoms with Gasteiger partial charge in [0.15, 0.2) is 5.82 Å². The highest BCUT2D eigenvalue weighted by atomic mass is 19.1. The number of ether oxygens (including phenoxy) is 2. The normalized spacial score (nSPS) is 17.4. The molecular formula is C29H38FN7O3. The predicted octanol–water partition coefficient (Wildman–Crippen LogP) is 5.12. The highest BCUT2D eigenvalue weighted by Gasteiger charge is 2.26. The lowest BCUT2D eigenvalue weighted by Gasteiger charge is -2.31. The van der Waals surface area contributed by atoms with Crippen LogP contribution in [0.2, 0.25) is 0 Å². The molecule has 0 saturated heterocycles. The first-order chi connectivity index (χ1) is 19.6. The second-order valence-electron chi connectivity index (χ2n) is 10.3. The molecule has 3 N–H and O–H groups in total. The van der Waals surface area contributed by atoms with Crippen molar-refractivity contribution in [3.05, 3.63) is 42.7 Å². The molecule has 4 aromatic heterocycles. The van der Waals surface area contributed by atoms with Crippen molar-refractivity contribution in [2.75, 3.05) is 33.0 Å². The van der Waals surface area contributed by atoms with E-state index in [1.807, 2.05) is 12.3 Å². The number of aromatic amines is 1. The van der Waals surface area contributed by atoms with Gasteiger partial charge in [0.1, 0.15) is 17.1 Å². The van der Waals surface area contributed by atoms with Gasteiger partial charge in [0.25, 0.3) is 0 Å². The number of hydrogen-bond donors (Lipinski definition) is 3. The number of urea groups is 1. The number of halogens is 1. The standard InChI is InChI=1S/C29H38FN7O3/c1-2-3-4-11-39-13-14-40-12-9-31-29(38)35-22-6-5-7-23(16-22)37-10-8-20-17-32-27(36-28(20)37)25-19-34-26-24(25)15-21(30)18-33-26/h8,10,15,17-19,22-23H,2-7,9,11-14,16H2,1H3,(H,33,34)(H2,31,35,38)/t22-,23+/m0/s1. The van der Waals surface area contributed by atoms with E-state index in [1.54, 1.807) is 12.4 Å². The van der Waals surface area contributed by atoms with Gasteiger partial charge in [-0.1, -0.05) is 19.8 Å². The summed E-state index contributed by atoms with van der Waals surface area (Å²) < 4.78 is 27.1. The van der Waals surface area contributed by atoms with Gasteiger partial charge in [0.05, 0.1) is 26.0 Å². The summed E-state index contributed by atoms with van der Waals surface area (Å²) >= 11 is 0. The van der Waals surface area contributed by atoms with Crippen molar-refractivity contribution in [1.29, 1.82) is 0 Å². The number of nitrogens with zero attached hydrogens (tertiary/aromatic N) is 4. The Morgan fingerprint density at radius 1 is 1.15 bits per heavy atom. The van der Waals surface area contributed by atoms with Crippen LogP contribution in [0.25, 0.3) is 33.5 Å². The molecule has 1 fully saturated rings. The Bertz CT molecular complexity index is 1410. The maximum Gasteiger partial charge on any atom is 0.315 e. The molecule has 0 radical (unpaired) electrons. The van der Waals surface area contributed by atoms with E-state index in [1.165, 1.54) is 25.1 Å². The lowest BCUT2D eigenvalue weighted by atomic mass is 9.91. The average Bonchev–Trinajstić information content (AvgIpc) is 3.58. The molecule has 2 amide bonds. The number of rotatable bonds is 13. The minimum atomic E-state index is -0.405. The van der Waals surface area contributed by atoms with Gasteiger partial charge in [-0.2, -0.15) is 0 Å². The summed E-state index contributed by atoms with van der Waals surface area (Å²) in [6, 6.07) is 3.54. The molecule has 0 unspecified atom stereocenters. The zero-order valence-corrected chi connectivity index (χ0v) is 23.0. The fourth-order valence-corrected chi connectivity index (χ4v) is 5.32. The van der Waals surface area contributed by atoms with Crippen LogP contribution in [0.15, 0.2) is 36.9 Å². The van der Waals surface area contributed by atoms with Gasteiger partial charge in [-0.3, -0.25) is 0 Å². The number of H-pyrrole nitrogens is 1. The van der Waals surface area contributed by atoms with E-state index in [0.717, 1.165) is 49.7 Å². The minimum absolute atomic E-state index is 0.0672. The Morgan fingerprint density at radius 2 is 2.02 bits per heavy atom. The van der Waals surface area contributed by atoms with Gasteiger partial charge in [0, 0.05) is 60.2 Å². The van der Waals surface area contributed by atoms with Crippen molar-refractivity contribution in [1.82, 2.24) is 35.1 Å². The number of nitrogens with one attached hydrogen (secondary N) is 3. The van der Waals surface area contributed by atoms with Crippen molar-refractivity contribution < 1.29 is 18.7 Å². The summed E-state index contributed by atoms with van der Waals surface area (Å²) in [7, 11) is 0. The Hall–Kier alpha value is -3.57. The molecule has 1 aliphatic rings. The largest absolute Gasteiger partial charge is 0.379 e. The van der Waals surface area contributed by atoms with E-state index < -0.39 is 5.82 Å². The van der Waals surface area contributed by atoms with Crippen LogP contribution in [0.3, 0.4) is 0 Å². The lowest BCUT2D eigenvalue weighted by Crippen LogP contribution is -2.45. The van der Waals surface area contributed by atoms with E-state index in [-0.39, 0.29) is 18.1 Å². The van der Waals surface area contributed by atoms with E-state index >= 15 is 0 Å². The topological polar surface area (TPSA) is 119 Å². The molecule has 5 rings (SSSR count). The Labute approximate surface area is 233 Å². The molecule has 2 atom stereocenters. The van der Waals surface area contributed by atoms with Gasteiger partial charge in [-0.05, 0) is 44.2 Å². The Morgan fingerprint density at radius 3 is 2.90 bits per heavy atom. The second kappa shape index (κ2) is 13.7. The second-order valence-corrected chi connectivity index (χ2v) is 10.3. The van der Waals surface area contributed by atoms with E-state index in [4.69, 9.17) is 14.5 Å². The molecule has 10 nitrogen and oxygen atoms in total. The van der Waals surface area contributed by atoms with Crippen LogP contribution in [0.1, 0.15) is 57.9 Å². The predicted molar refractivity (Wildman–Crippen MR) is 152 cm³/mol. The zero-order valence-electron chi connectivity index (χ0n) is 23.0. The van der Waals surface area contributed by atoms with E-state index in [9.17, 15) is 9.18 Å². The maximum atomic E-state index is 13.9. The highest BCUT2D eigenvalue weighted by Crippen LogP contribution is 2.33. The third-order valence-electron chi connectivity index (χ3n) is 7.37. The number of unbranched alkanes of at least 4 members (excludes halogenated alkanes) is 2. The van der Waals surface area contributed by atoms with Crippen molar-refractivity contribution in [2.45, 2.75) is 64.0 Å². The van der Waals surface area contributed by atoms with Crippen LogP contribution < -0.4 is 10.6 Å². The molecule has 214 valence electrons. The van der Waals surface area contributed by atoms with Crippen LogP contribution in [0.4, 0.5) is 9.18 Å². The first-order valence-corrected chi connectivity index (χ1v) is 14.3. The Balaban J connectivity index is 1.13. The highest BCUT2D eigenvalue weighted by molar-refractivity contribution is 5.92. The number of aromatic nitrogens is 5. The number of pyridine rings is 1. The summed E-state index contributed by atoms with van der Waals surface area (Å²) in [6.07, 6.45) is 14.0. The van der Waals surface area contributed by atoms with Gasteiger partial charge in [-0.15, -0.1) is 0 Å². The maximum absolute atomic E-state index is 13.9. The van der Waals surface area contributed by atoms with Crippen molar-refractivity contribution in [3.63, 3.8) is 0 Å². The van der Waals surface area contributed by atoms with Gasteiger partial charge < -0.3 is 29.7 Å². The molecule has 1 saturated carbocycles. The minimum Gasteiger partial charge on any atom is -0.379 e. The molecular weight excluding hydrogens is 513 g/mol.